The molecule has 0 saturated heterocycles. The molecule has 1 N–H and O–H groups in total. The summed E-state index contributed by atoms with van der Waals surface area (Å²) >= 11 is 1.73. The minimum Gasteiger partial charge on any atom is -0.469 e. The summed E-state index contributed by atoms with van der Waals surface area (Å²) in [4.78, 5) is 11.2. The number of aromatic nitrogens is 2. The van der Waals surface area contributed by atoms with Gasteiger partial charge in [-0.3, -0.25) is 0 Å². The Morgan fingerprint density at radius 2 is 2.19 bits per heavy atom. The van der Waals surface area contributed by atoms with E-state index >= 15 is 0 Å². The van der Waals surface area contributed by atoms with Crippen LogP contribution in [0.15, 0.2) is 29.1 Å². The monoisotopic (exact) mass is 301 g/mol. The Hall–Kier alpha value is -1.88. The number of fused-ring (bicyclic) bond motifs is 1. The van der Waals surface area contributed by atoms with Gasteiger partial charge in [-0.2, -0.15) is 0 Å². The molecule has 0 fully saturated rings. The molecule has 5 heteroatoms. The lowest BCUT2D eigenvalue weighted by Crippen LogP contribution is -2.17. The van der Waals surface area contributed by atoms with E-state index in [1.807, 2.05) is 12.1 Å². The Kier molecular flexibility index (Phi) is 3.92. The van der Waals surface area contributed by atoms with Gasteiger partial charge in [-0.1, -0.05) is 0 Å². The van der Waals surface area contributed by atoms with E-state index in [0.717, 1.165) is 34.6 Å². The van der Waals surface area contributed by atoms with Gasteiger partial charge in [-0.05, 0) is 44.9 Å². The topological polar surface area (TPSA) is 51.0 Å². The summed E-state index contributed by atoms with van der Waals surface area (Å²) in [6.07, 6.45) is 5.29. The quantitative estimate of drug-likeness (QED) is 0.762. The number of hydrogen-bond acceptors (Lipinski definition) is 5. The van der Waals surface area contributed by atoms with Crippen LogP contribution in [0.25, 0.3) is 10.2 Å². The maximum atomic E-state index is 5.38. The molecule has 0 aliphatic carbocycles. The van der Waals surface area contributed by atoms with Crippen molar-refractivity contribution in [1.29, 1.82) is 0 Å². The van der Waals surface area contributed by atoms with Crippen LogP contribution in [0.2, 0.25) is 0 Å². The summed E-state index contributed by atoms with van der Waals surface area (Å²) < 4.78 is 5.38. The fraction of sp³-hybridized carbons (Fsp3) is 0.375. The molecule has 3 aromatic heterocycles. The van der Waals surface area contributed by atoms with Gasteiger partial charge in [0.25, 0.3) is 0 Å². The van der Waals surface area contributed by atoms with Gasteiger partial charge < -0.3 is 9.73 Å². The van der Waals surface area contributed by atoms with Crippen LogP contribution in [0.3, 0.4) is 0 Å². The third kappa shape index (κ3) is 2.93. The molecule has 0 radical (unpaired) electrons. The van der Waals surface area contributed by atoms with Crippen molar-refractivity contribution in [2.75, 3.05) is 5.32 Å². The number of anilines is 1. The summed E-state index contributed by atoms with van der Waals surface area (Å²) in [5.41, 5.74) is 1.27. The highest BCUT2D eigenvalue weighted by Gasteiger charge is 2.13. The van der Waals surface area contributed by atoms with E-state index in [0.29, 0.717) is 6.04 Å². The van der Waals surface area contributed by atoms with E-state index in [1.54, 1.807) is 23.9 Å². The van der Waals surface area contributed by atoms with Gasteiger partial charge in [-0.25, -0.2) is 9.97 Å². The molecule has 3 heterocycles. The number of rotatable bonds is 5. The second-order valence-corrected chi connectivity index (χ2v) is 6.55. The average Bonchev–Trinajstić information content (AvgIpc) is 3.07. The molecule has 0 aliphatic rings. The Morgan fingerprint density at radius 3 is 2.95 bits per heavy atom. The van der Waals surface area contributed by atoms with Crippen LogP contribution < -0.4 is 5.32 Å². The van der Waals surface area contributed by atoms with Crippen molar-refractivity contribution in [3.05, 3.63) is 40.9 Å². The van der Waals surface area contributed by atoms with Crippen molar-refractivity contribution in [1.82, 2.24) is 9.97 Å². The number of nitrogens with zero attached hydrogens (tertiary/aromatic N) is 2. The highest BCUT2D eigenvalue weighted by molar-refractivity contribution is 7.18. The predicted molar refractivity (Wildman–Crippen MR) is 87.0 cm³/mol. The van der Waals surface area contributed by atoms with Crippen molar-refractivity contribution in [2.45, 2.75) is 39.7 Å². The lowest BCUT2D eigenvalue weighted by atomic mass is 10.1. The summed E-state index contributed by atoms with van der Waals surface area (Å²) in [5, 5.41) is 4.67. The van der Waals surface area contributed by atoms with E-state index in [9.17, 15) is 0 Å². The number of aryl methyl sites for hydroxylation is 3. The largest absolute Gasteiger partial charge is 0.469 e. The molecular weight excluding hydrogens is 282 g/mol. The first-order chi connectivity index (χ1) is 10.1. The van der Waals surface area contributed by atoms with Crippen molar-refractivity contribution in [3.8, 4) is 0 Å². The van der Waals surface area contributed by atoms with Crippen LogP contribution in [0, 0.1) is 13.8 Å². The number of hydrogen-bond donors (Lipinski definition) is 1. The van der Waals surface area contributed by atoms with Crippen LogP contribution in [0.1, 0.15) is 29.5 Å². The molecule has 0 saturated carbocycles. The molecule has 21 heavy (non-hydrogen) atoms. The van der Waals surface area contributed by atoms with Gasteiger partial charge in [0.05, 0.1) is 11.6 Å². The Morgan fingerprint density at radius 1 is 1.33 bits per heavy atom. The molecule has 1 atom stereocenters. The molecule has 0 amide bonds. The lowest BCUT2D eigenvalue weighted by Gasteiger charge is -2.14. The van der Waals surface area contributed by atoms with Gasteiger partial charge in [0.2, 0.25) is 0 Å². The third-order valence-corrected chi connectivity index (χ3v) is 4.87. The minimum absolute atomic E-state index is 0.327. The van der Waals surface area contributed by atoms with Crippen LogP contribution in [0.5, 0.6) is 0 Å². The van der Waals surface area contributed by atoms with Gasteiger partial charge in [0, 0.05) is 17.3 Å². The zero-order valence-electron chi connectivity index (χ0n) is 12.5. The molecule has 3 rings (SSSR count). The van der Waals surface area contributed by atoms with E-state index < -0.39 is 0 Å². The molecule has 1 unspecified atom stereocenters. The van der Waals surface area contributed by atoms with E-state index in [1.165, 1.54) is 10.4 Å². The molecule has 0 aromatic carbocycles. The molecule has 0 spiro atoms. The normalized spacial score (nSPS) is 12.7. The summed E-state index contributed by atoms with van der Waals surface area (Å²) in [6.45, 7) is 6.44. The lowest BCUT2D eigenvalue weighted by molar-refractivity contribution is 0.495. The molecule has 3 aromatic rings. The summed E-state index contributed by atoms with van der Waals surface area (Å²) in [7, 11) is 0. The highest BCUT2D eigenvalue weighted by Crippen LogP contribution is 2.32. The molecule has 0 aliphatic heterocycles. The fourth-order valence-electron chi connectivity index (χ4n) is 2.41. The van der Waals surface area contributed by atoms with Crippen molar-refractivity contribution in [2.24, 2.45) is 0 Å². The van der Waals surface area contributed by atoms with Gasteiger partial charge in [0.1, 0.15) is 22.7 Å². The Labute approximate surface area is 128 Å². The van der Waals surface area contributed by atoms with E-state index in [4.69, 9.17) is 4.42 Å². The second-order valence-electron chi connectivity index (χ2n) is 5.35. The number of thiophene rings is 1. The third-order valence-electron chi connectivity index (χ3n) is 3.75. The maximum Gasteiger partial charge on any atom is 0.138 e. The Balaban J connectivity index is 1.75. The first-order valence-corrected chi connectivity index (χ1v) is 7.96. The van der Waals surface area contributed by atoms with E-state index in [-0.39, 0.29) is 0 Å². The Bertz CT molecular complexity index is 733. The SMILES string of the molecule is Cc1sc2ncnc(NC(C)CCc3ccco3)c2c1C. The first-order valence-electron chi connectivity index (χ1n) is 7.14. The molecule has 110 valence electrons. The van der Waals surface area contributed by atoms with Crippen LogP contribution in [-0.2, 0) is 6.42 Å². The van der Waals surface area contributed by atoms with Crippen molar-refractivity contribution in [3.63, 3.8) is 0 Å². The van der Waals surface area contributed by atoms with E-state index in [2.05, 4.69) is 36.1 Å². The van der Waals surface area contributed by atoms with Gasteiger partial charge in [0.15, 0.2) is 0 Å². The summed E-state index contributed by atoms with van der Waals surface area (Å²) in [5.74, 6) is 1.97. The standard InChI is InChI=1S/C16H19N3OS/c1-10(6-7-13-5-4-8-20-13)19-15-14-11(2)12(3)21-16(14)18-9-17-15/h4-5,8-10H,6-7H2,1-3H3,(H,17,18,19). The minimum atomic E-state index is 0.327. The maximum absolute atomic E-state index is 5.38. The molecule has 4 nitrogen and oxygen atoms in total. The van der Waals surface area contributed by atoms with Gasteiger partial charge in [-0.15, -0.1) is 11.3 Å². The molecule has 0 bridgehead atoms. The van der Waals surface area contributed by atoms with Gasteiger partial charge >= 0.3 is 0 Å². The molecular formula is C16H19N3OS. The van der Waals surface area contributed by atoms with Crippen LogP contribution >= 0.6 is 11.3 Å². The zero-order chi connectivity index (χ0) is 14.8. The zero-order valence-corrected chi connectivity index (χ0v) is 13.3. The predicted octanol–water partition coefficient (Wildman–Crippen LogP) is 4.33. The first kappa shape index (κ1) is 14.1. The highest BCUT2D eigenvalue weighted by atomic mass is 32.1. The number of nitrogens with one attached hydrogen (secondary N) is 1. The smallest absolute Gasteiger partial charge is 0.138 e. The number of furan rings is 1. The van der Waals surface area contributed by atoms with Crippen LogP contribution in [-0.4, -0.2) is 16.0 Å². The fourth-order valence-corrected chi connectivity index (χ4v) is 3.41. The average molecular weight is 301 g/mol. The van der Waals surface area contributed by atoms with Crippen LogP contribution in [0.4, 0.5) is 5.82 Å². The van der Waals surface area contributed by atoms with Crippen molar-refractivity contribution >= 4 is 27.4 Å². The second kappa shape index (κ2) is 5.85. The van der Waals surface area contributed by atoms with Crippen molar-refractivity contribution < 1.29 is 4.42 Å². The summed E-state index contributed by atoms with van der Waals surface area (Å²) in [6, 6.07) is 4.27.